The minimum atomic E-state index is -1.24. The molecule has 0 aromatic heterocycles. The van der Waals surface area contributed by atoms with Crippen LogP contribution in [-0.2, 0) is 9.53 Å². The van der Waals surface area contributed by atoms with Gasteiger partial charge in [-0.15, -0.1) is 0 Å². The molecule has 1 unspecified atom stereocenters. The predicted molar refractivity (Wildman–Crippen MR) is 88.0 cm³/mol. The van der Waals surface area contributed by atoms with Gasteiger partial charge in [-0.25, -0.2) is 9.28 Å². The monoisotopic (exact) mass is 314 g/mol. The molecule has 122 valence electrons. The molecule has 0 amide bonds. The van der Waals surface area contributed by atoms with Gasteiger partial charge in [-0.1, -0.05) is 37.1 Å². The fraction of sp³-hybridized carbons (Fsp3) is 0.421. The number of carbonyl (C=O) groups excluding carboxylic acids is 1. The van der Waals surface area contributed by atoms with Crippen molar-refractivity contribution in [2.24, 2.45) is 0 Å². The molecule has 1 aliphatic heterocycles. The number of allylic oxidation sites excluding steroid dienone is 2. The minimum absolute atomic E-state index is 0.364. The largest absolute Gasteiger partial charge is 0.377 e. The summed E-state index contributed by atoms with van der Waals surface area (Å²) in [6.45, 7) is 0. The summed E-state index contributed by atoms with van der Waals surface area (Å²) in [7, 11) is 3.84. The maximum absolute atomic E-state index is 12.4. The summed E-state index contributed by atoms with van der Waals surface area (Å²) in [6, 6.07) is 7.69. The van der Waals surface area contributed by atoms with Gasteiger partial charge in [0, 0.05) is 12.2 Å². The van der Waals surface area contributed by atoms with Crippen molar-refractivity contribution in [3.63, 3.8) is 0 Å². The number of hydrogen-bond donors (Lipinski definition) is 1. The summed E-state index contributed by atoms with van der Waals surface area (Å²) >= 11 is 0. The number of nitrogens with zero attached hydrogens (tertiary/aromatic N) is 1. The number of rotatable bonds is 4. The Morgan fingerprint density at radius 3 is 2.61 bits per heavy atom. The van der Waals surface area contributed by atoms with E-state index in [4.69, 9.17) is 4.74 Å². The van der Waals surface area contributed by atoms with Crippen LogP contribution in [0.1, 0.15) is 48.8 Å². The molecule has 0 spiro atoms. The van der Waals surface area contributed by atoms with E-state index in [9.17, 15) is 9.90 Å². The highest BCUT2D eigenvalue weighted by Gasteiger charge is 2.32. The van der Waals surface area contributed by atoms with Crippen molar-refractivity contribution >= 4 is 5.97 Å². The van der Waals surface area contributed by atoms with E-state index in [-0.39, 0.29) is 0 Å². The van der Waals surface area contributed by atoms with Crippen LogP contribution in [0.3, 0.4) is 0 Å². The highest BCUT2D eigenvalue weighted by atomic mass is 16.6. The average Bonchev–Trinajstić information content (AvgIpc) is 3.17. The maximum atomic E-state index is 12.4. The van der Waals surface area contributed by atoms with Crippen LogP contribution < -0.4 is 0 Å². The van der Waals surface area contributed by atoms with Gasteiger partial charge in [-0.3, -0.25) is 0 Å². The Bertz CT molecular complexity index is 654. The van der Waals surface area contributed by atoms with Gasteiger partial charge in [-0.05, 0) is 29.9 Å². The molecular formula is C19H24NO3+. The number of hydrogen-bond acceptors (Lipinski definition) is 3. The zero-order chi connectivity index (χ0) is 16.4. The Morgan fingerprint density at radius 1 is 1.26 bits per heavy atom. The number of carbonyl (C=O) groups is 1. The molecule has 1 saturated carbocycles. The number of aliphatic hydroxyl groups excluding tert-OH is 1. The molecule has 1 atom stereocenters. The molecule has 1 N–H and O–H groups in total. The lowest BCUT2D eigenvalue weighted by Crippen LogP contribution is -2.33. The van der Waals surface area contributed by atoms with Crippen molar-refractivity contribution in [1.82, 2.24) is 0 Å². The quantitative estimate of drug-likeness (QED) is 0.685. The molecule has 1 aromatic rings. The van der Waals surface area contributed by atoms with E-state index in [2.05, 4.69) is 0 Å². The van der Waals surface area contributed by atoms with Crippen LogP contribution in [0.15, 0.2) is 48.5 Å². The number of ether oxygens (including phenoxy) is 1. The lowest BCUT2D eigenvalue weighted by Gasteiger charge is -2.24. The van der Waals surface area contributed by atoms with Crippen LogP contribution in [0.2, 0.25) is 0 Å². The Kier molecular flexibility index (Phi) is 4.37. The van der Waals surface area contributed by atoms with E-state index in [1.165, 1.54) is 12.8 Å². The van der Waals surface area contributed by atoms with Gasteiger partial charge in [-0.2, -0.15) is 0 Å². The van der Waals surface area contributed by atoms with Gasteiger partial charge in [0.15, 0.2) is 6.10 Å². The molecule has 4 heteroatoms. The first-order chi connectivity index (χ1) is 11.0. The van der Waals surface area contributed by atoms with Crippen LogP contribution >= 0.6 is 0 Å². The first-order valence-electron chi connectivity index (χ1n) is 8.21. The average molecular weight is 314 g/mol. The van der Waals surface area contributed by atoms with Crippen molar-refractivity contribution < 1.29 is 19.1 Å². The summed E-state index contributed by atoms with van der Waals surface area (Å²) in [6.07, 6.45) is 8.95. The summed E-state index contributed by atoms with van der Waals surface area (Å²) in [5.74, 6) is 0.345. The molecule has 3 rings (SSSR count). The molecule has 1 aliphatic carbocycles. The van der Waals surface area contributed by atoms with Crippen molar-refractivity contribution in [2.45, 2.75) is 37.7 Å². The number of esters is 1. The molecule has 2 aliphatic rings. The maximum Gasteiger partial charge on any atom is 0.348 e. The van der Waals surface area contributed by atoms with Crippen molar-refractivity contribution in [1.29, 1.82) is 0 Å². The smallest absolute Gasteiger partial charge is 0.348 e. The molecule has 1 fully saturated rings. The van der Waals surface area contributed by atoms with E-state index in [0.29, 0.717) is 21.8 Å². The minimum Gasteiger partial charge on any atom is -0.377 e. The molecule has 0 bridgehead atoms. The zero-order valence-electron chi connectivity index (χ0n) is 13.7. The SMILES string of the molecule is C[N+]1(C)C=CC=C1OC(=O)C(O)c1ccccc1C1CCCC1. The second-order valence-corrected chi connectivity index (χ2v) is 6.82. The van der Waals surface area contributed by atoms with E-state index < -0.39 is 12.1 Å². The number of benzene rings is 1. The molecule has 23 heavy (non-hydrogen) atoms. The van der Waals surface area contributed by atoms with Crippen molar-refractivity contribution in [2.75, 3.05) is 14.1 Å². The van der Waals surface area contributed by atoms with Gasteiger partial charge in [0.1, 0.15) is 6.20 Å². The fourth-order valence-electron chi connectivity index (χ4n) is 3.41. The third-order valence-corrected chi connectivity index (χ3v) is 4.78. The molecule has 4 nitrogen and oxygen atoms in total. The van der Waals surface area contributed by atoms with Gasteiger partial charge in [0.25, 0.3) is 0 Å². The number of quaternary nitrogens is 1. The summed E-state index contributed by atoms with van der Waals surface area (Å²) < 4.78 is 5.81. The predicted octanol–water partition coefficient (Wildman–Crippen LogP) is 3.37. The van der Waals surface area contributed by atoms with Crippen molar-refractivity contribution in [3.05, 3.63) is 59.6 Å². The molecule has 1 heterocycles. The van der Waals surface area contributed by atoms with Crippen LogP contribution in [-0.4, -0.2) is 29.7 Å². The first-order valence-corrected chi connectivity index (χ1v) is 8.21. The first kappa shape index (κ1) is 16.0. The third kappa shape index (κ3) is 3.23. The normalized spacial score (nSPS) is 21.3. The van der Waals surface area contributed by atoms with Crippen LogP contribution in [0, 0.1) is 0 Å². The highest BCUT2D eigenvalue weighted by Crippen LogP contribution is 2.37. The van der Waals surface area contributed by atoms with Crippen LogP contribution in [0.5, 0.6) is 0 Å². The van der Waals surface area contributed by atoms with E-state index in [1.807, 2.05) is 50.6 Å². The van der Waals surface area contributed by atoms with Gasteiger partial charge < -0.3 is 9.84 Å². The summed E-state index contributed by atoms with van der Waals surface area (Å²) in [5, 5.41) is 10.5. The summed E-state index contributed by atoms with van der Waals surface area (Å²) in [5.41, 5.74) is 1.77. The van der Waals surface area contributed by atoms with E-state index in [0.717, 1.165) is 18.4 Å². The molecular weight excluding hydrogens is 290 g/mol. The highest BCUT2D eigenvalue weighted by molar-refractivity contribution is 5.77. The second kappa shape index (κ2) is 6.30. The van der Waals surface area contributed by atoms with Gasteiger partial charge >= 0.3 is 11.9 Å². The Balaban J connectivity index is 1.78. The summed E-state index contributed by atoms with van der Waals surface area (Å²) in [4.78, 5) is 12.4. The lowest BCUT2D eigenvalue weighted by atomic mass is 9.90. The topological polar surface area (TPSA) is 46.5 Å². The third-order valence-electron chi connectivity index (χ3n) is 4.78. The molecule has 0 radical (unpaired) electrons. The second-order valence-electron chi connectivity index (χ2n) is 6.82. The zero-order valence-corrected chi connectivity index (χ0v) is 13.7. The van der Waals surface area contributed by atoms with Crippen LogP contribution in [0.25, 0.3) is 0 Å². The fourth-order valence-corrected chi connectivity index (χ4v) is 3.41. The van der Waals surface area contributed by atoms with E-state index in [1.54, 1.807) is 6.08 Å². The van der Waals surface area contributed by atoms with E-state index >= 15 is 0 Å². The molecule has 1 aromatic carbocycles. The standard InChI is InChI=1S/C19H24NO3/c1-20(2)13-7-12-17(20)23-19(22)18(21)16-11-6-5-10-15(16)14-8-3-4-9-14/h5-7,10-14,18,21H,3-4,8-9H2,1-2H3/q+1. The van der Waals surface area contributed by atoms with Crippen molar-refractivity contribution in [3.8, 4) is 0 Å². The Hall–Kier alpha value is -1.91. The van der Waals surface area contributed by atoms with Gasteiger partial charge in [0.05, 0.1) is 14.1 Å². The van der Waals surface area contributed by atoms with Gasteiger partial charge in [0.2, 0.25) is 0 Å². The molecule has 0 saturated heterocycles. The number of aliphatic hydroxyl groups is 1. The Morgan fingerprint density at radius 2 is 1.96 bits per heavy atom. The van der Waals surface area contributed by atoms with Crippen LogP contribution in [0.4, 0.5) is 0 Å². The lowest BCUT2D eigenvalue weighted by molar-refractivity contribution is -0.811. The Labute approximate surface area is 137 Å².